The highest BCUT2D eigenvalue weighted by Crippen LogP contribution is 2.02. The highest BCUT2D eigenvalue weighted by atomic mass is 16.2. The zero-order valence-corrected chi connectivity index (χ0v) is 7.00. The second kappa shape index (κ2) is 4.55. The molecule has 3 nitrogen and oxygen atoms in total. The maximum atomic E-state index is 11.2. The van der Waals surface area contributed by atoms with Crippen LogP contribution in [0.3, 0.4) is 0 Å². The van der Waals surface area contributed by atoms with Gasteiger partial charge in [0.05, 0.1) is 0 Å². The molecule has 0 fully saturated rings. The van der Waals surface area contributed by atoms with Crippen molar-refractivity contribution in [1.82, 2.24) is 4.90 Å². The second-order valence-electron chi connectivity index (χ2n) is 2.38. The summed E-state index contributed by atoms with van der Waals surface area (Å²) < 4.78 is 0. The van der Waals surface area contributed by atoms with E-state index in [0.29, 0.717) is 12.0 Å². The van der Waals surface area contributed by atoms with Crippen molar-refractivity contribution in [2.24, 2.45) is 5.73 Å². The van der Waals surface area contributed by atoms with Gasteiger partial charge < -0.3 is 10.6 Å². The summed E-state index contributed by atoms with van der Waals surface area (Å²) in [5.41, 5.74) is 5.81. The van der Waals surface area contributed by atoms with Gasteiger partial charge in [0.2, 0.25) is 0 Å². The largest absolute Gasteiger partial charge is 0.404 e. The maximum Gasteiger partial charge on any atom is 0.251 e. The minimum atomic E-state index is -0.0626. The predicted molar refractivity (Wildman–Crippen MR) is 45.8 cm³/mol. The molecule has 0 aromatic rings. The van der Waals surface area contributed by atoms with Gasteiger partial charge in [0, 0.05) is 25.9 Å². The van der Waals surface area contributed by atoms with E-state index in [1.807, 2.05) is 0 Å². The van der Waals surface area contributed by atoms with E-state index in [2.05, 4.69) is 6.58 Å². The molecule has 62 valence electrons. The summed E-state index contributed by atoms with van der Waals surface area (Å²) in [7, 11) is 3.38. The second-order valence-corrected chi connectivity index (χ2v) is 2.38. The first-order chi connectivity index (χ1) is 5.13. The van der Waals surface area contributed by atoms with Crippen LogP contribution in [0.25, 0.3) is 0 Å². The van der Waals surface area contributed by atoms with Crippen molar-refractivity contribution < 1.29 is 4.79 Å². The van der Waals surface area contributed by atoms with Gasteiger partial charge in [-0.3, -0.25) is 4.79 Å². The Morgan fingerprint density at radius 3 is 2.45 bits per heavy atom. The number of nitrogens with zero attached hydrogens (tertiary/aromatic N) is 1. The third-order valence-corrected chi connectivity index (χ3v) is 1.25. The number of carbonyl (C=O) groups is 1. The highest BCUT2D eigenvalue weighted by Gasteiger charge is 2.08. The lowest BCUT2D eigenvalue weighted by Crippen LogP contribution is -2.23. The summed E-state index contributed by atoms with van der Waals surface area (Å²) in [6, 6.07) is 0. The predicted octanol–water partition coefficient (Wildman–Crippen LogP) is 0.493. The smallest absolute Gasteiger partial charge is 0.251 e. The zero-order chi connectivity index (χ0) is 8.85. The van der Waals surface area contributed by atoms with Crippen molar-refractivity contribution in [3.05, 3.63) is 24.4 Å². The molecule has 0 bridgehead atoms. The average molecular weight is 154 g/mol. The number of rotatable bonds is 3. The summed E-state index contributed by atoms with van der Waals surface area (Å²) in [6.07, 6.45) is 3.50. The molecular weight excluding hydrogens is 140 g/mol. The van der Waals surface area contributed by atoms with Crippen LogP contribution in [0.4, 0.5) is 0 Å². The monoisotopic (exact) mass is 154 g/mol. The van der Waals surface area contributed by atoms with Crippen LogP contribution in [0.15, 0.2) is 24.4 Å². The lowest BCUT2D eigenvalue weighted by molar-refractivity contribution is -0.124. The Hall–Kier alpha value is -1.25. The van der Waals surface area contributed by atoms with Crippen LogP contribution < -0.4 is 5.73 Å². The Bertz CT molecular complexity index is 183. The van der Waals surface area contributed by atoms with Gasteiger partial charge in [-0.25, -0.2) is 0 Å². The van der Waals surface area contributed by atoms with Gasteiger partial charge in [-0.2, -0.15) is 0 Å². The molecule has 0 aromatic heterocycles. The minimum absolute atomic E-state index is 0.0626. The standard InChI is InChI=1S/C8H14N2O/c1-4-5-7(6-9)8(11)10(2)3/h4,6H,1,5,9H2,2-3H3. The fraction of sp³-hybridized carbons (Fsp3) is 0.375. The molecule has 0 rings (SSSR count). The zero-order valence-electron chi connectivity index (χ0n) is 7.00. The first-order valence-corrected chi connectivity index (χ1v) is 3.36. The summed E-state index contributed by atoms with van der Waals surface area (Å²) >= 11 is 0. The molecule has 0 unspecified atom stereocenters. The van der Waals surface area contributed by atoms with Crippen molar-refractivity contribution in [2.45, 2.75) is 6.42 Å². The molecular formula is C8H14N2O. The lowest BCUT2D eigenvalue weighted by Gasteiger charge is -2.11. The minimum Gasteiger partial charge on any atom is -0.404 e. The van der Waals surface area contributed by atoms with E-state index in [1.54, 1.807) is 20.2 Å². The number of carbonyl (C=O) groups excluding carboxylic acids is 1. The summed E-state index contributed by atoms with van der Waals surface area (Å²) in [5.74, 6) is -0.0626. The van der Waals surface area contributed by atoms with Gasteiger partial charge in [0.1, 0.15) is 0 Å². The number of nitrogens with two attached hydrogens (primary N) is 1. The molecule has 2 N–H and O–H groups in total. The van der Waals surface area contributed by atoms with Gasteiger partial charge >= 0.3 is 0 Å². The highest BCUT2D eigenvalue weighted by molar-refractivity contribution is 5.93. The van der Waals surface area contributed by atoms with Gasteiger partial charge in [-0.05, 0) is 6.42 Å². The molecule has 0 spiro atoms. The van der Waals surface area contributed by atoms with Crippen molar-refractivity contribution in [2.75, 3.05) is 14.1 Å². The fourth-order valence-electron chi connectivity index (χ4n) is 0.669. The van der Waals surface area contributed by atoms with E-state index in [-0.39, 0.29) is 5.91 Å². The van der Waals surface area contributed by atoms with E-state index in [1.165, 1.54) is 11.1 Å². The molecule has 11 heavy (non-hydrogen) atoms. The Labute approximate surface area is 67.2 Å². The number of allylic oxidation sites excluding steroid dienone is 1. The summed E-state index contributed by atoms with van der Waals surface area (Å²) in [4.78, 5) is 12.7. The van der Waals surface area contributed by atoms with E-state index < -0.39 is 0 Å². The van der Waals surface area contributed by atoms with E-state index in [9.17, 15) is 4.79 Å². The van der Waals surface area contributed by atoms with E-state index in [0.717, 1.165) is 0 Å². The molecule has 1 amide bonds. The van der Waals surface area contributed by atoms with Crippen molar-refractivity contribution >= 4 is 5.91 Å². The number of hydrogen-bond acceptors (Lipinski definition) is 2. The first kappa shape index (κ1) is 9.75. The third-order valence-electron chi connectivity index (χ3n) is 1.25. The lowest BCUT2D eigenvalue weighted by atomic mass is 10.2. The van der Waals surface area contributed by atoms with Crippen LogP contribution in [-0.4, -0.2) is 24.9 Å². The fourth-order valence-corrected chi connectivity index (χ4v) is 0.669. The van der Waals surface area contributed by atoms with E-state index >= 15 is 0 Å². The molecule has 0 heterocycles. The van der Waals surface area contributed by atoms with Gasteiger partial charge in [0.15, 0.2) is 0 Å². The van der Waals surface area contributed by atoms with Gasteiger partial charge in [-0.1, -0.05) is 6.08 Å². The summed E-state index contributed by atoms with van der Waals surface area (Å²) in [6.45, 7) is 3.52. The molecule has 0 radical (unpaired) electrons. The van der Waals surface area contributed by atoms with Gasteiger partial charge in [0.25, 0.3) is 5.91 Å². The number of amides is 1. The first-order valence-electron chi connectivity index (χ1n) is 3.36. The normalized spacial score (nSPS) is 10.9. The maximum absolute atomic E-state index is 11.2. The number of likely N-dealkylation sites (N-methyl/N-ethyl adjacent to an activating group) is 1. The van der Waals surface area contributed by atoms with Crippen LogP contribution >= 0.6 is 0 Å². The molecule has 0 aliphatic heterocycles. The molecule has 0 aromatic carbocycles. The molecule has 0 aliphatic carbocycles. The third kappa shape index (κ3) is 2.89. The van der Waals surface area contributed by atoms with Crippen molar-refractivity contribution in [3.8, 4) is 0 Å². The average Bonchev–Trinajstić information content (AvgIpc) is 1.98. The molecule has 3 heteroatoms. The van der Waals surface area contributed by atoms with Crippen molar-refractivity contribution in [1.29, 1.82) is 0 Å². The Morgan fingerprint density at radius 2 is 2.18 bits per heavy atom. The number of hydrogen-bond donors (Lipinski definition) is 1. The summed E-state index contributed by atoms with van der Waals surface area (Å²) in [5, 5.41) is 0. The van der Waals surface area contributed by atoms with Crippen LogP contribution in [0, 0.1) is 0 Å². The molecule has 0 atom stereocenters. The topological polar surface area (TPSA) is 46.3 Å². The Balaban J connectivity index is 4.27. The Morgan fingerprint density at radius 1 is 1.64 bits per heavy atom. The van der Waals surface area contributed by atoms with Crippen LogP contribution in [0.1, 0.15) is 6.42 Å². The molecule has 0 saturated carbocycles. The molecule has 0 saturated heterocycles. The van der Waals surface area contributed by atoms with Gasteiger partial charge in [-0.15, -0.1) is 6.58 Å². The SMILES string of the molecule is C=CCC(=CN)C(=O)N(C)C. The van der Waals surface area contributed by atoms with Crippen LogP contribution in [-0.2, 0) is 4.79 Å². The molecule has 0 aliphatic rings. The van der Waals surface area contributed by atoms with E-state index in [4.69, 9.17) is 5.73 Å². The van der Waals surface area contributed by atoms with Crippen LogP contribution in [0.5, 0.6) is 0 Å². The van der Waals surface area contributed by atoms with Crippen molar-refractivity contribution in [3.63, 3.8) is 0 Å². The quantitative estimate of drug-likeness (QED) is 0.475. The van der Waals surface area contributed by atoms with Crippen LogP contribution in [0.2, 0.25) is 0 Å². The Kier molecular flexibility index (Phi) is 4.03.